The first-order valence-corrected chi connectivity index (χ1v) is 6.62. The predicted octanol–water partition coefficient (Wildman–Crippen LogP) is 4.07. The molecule has 1 aromatic rings. The van der Waals surface area contributed by atoms with E-state index in [0.717, 1.165) is 21.3 Å². The van der Waals surface area contributed by atoms with Crippen LogP contribution in [0.3, 0.4) is 0 Å². The molecule has 0 N–H and O–H groups in total. The summed E-state index contributed by atoms with van der Waals surface area (Å²) < 4.78 is 17.7. The van der Waals surface area contributed by atoms with E-state index < -0.39 is 5.79 Å². The summed E-state index contributed by atoms with van der Waals surface area (Å²) in [6, 6.07) is 4.00. The van der Waals surface area contributed by atoms with Gasteiger partial charge < -0.3 is 14.2 Å². The van der Waals surface area contributed by atoms with Crippen LogP contribution in [0.15, 0.2) is 28.6 Å². The molecule has 0 aliphatic carbocycles. The molecule has 0 bridgehead atoms. The Hall–Kier alpha value is -1.16. The summed E-state index contributed by atoms with van der Waals surface area (Å²) in [6.07, 6.45) is 1.61. The largest absolute Gasteiger partial charge is 0.486 e. The molecule has 0 amide bonds. The van der Waals surface area contributed by atoms with Crippen LogP contribution in [0, 0.1) is 13.8 Å². The first kappa shape index (κ1) is 13.3. The van der Waals surface area contributed by atoms with Gasteiger partial charge in [0.25, 0.3) is 0 Å². The van der Waals surface area contributed by atoms with Gasteiger partial charge in [-0.05, 0) is 37.1 Å². The highest BCUT2D eigenvalue weighted by atomic mass is 79.9. The number of benzene rings is 1. The minimum Gasteiger partial charge on any atom is -0.486 e. The lowest BCUT2D eigenvalue weighted by Gasteiger charge is -2.18. The van der Waals surface area contributed by atoms with Crippen molar-refractivity contribution >= 4 is 15.9 Å². The lowest BCUT2D eigenvalue weighted by Crippen LogP contribution is -2.21. The number of ether oxygens (including phenoxy) is 3. The summed E-state index contributed by atoms with van der Waals surface area (Å²) in [6.45, 7) is 8.20. The monoisotopic (exact) mass is 312 g/mol. The molecule has 0 saturated carbocycles. The average Bonchev–Trinajstić information content (AvgIpc) is 2.63. The summed E-state index contributed by atoms with van der Waals surface area (Å²) >= 11 is 3.53. The van der Waals surface area contributed by atoms with Crippen molar-refractivity contribution < 1.29 is 14.2 Å². The van der Waals surface area contributed by atoms with Gasteiger partial charge in [0.1, 0.15) is 18.6 Å². The molecular weight excluding hydrogens is 296 g/mol. The summed E-state index contributed by atoms with van der Waals surface area (Å²) in [5, 5.41) is 0. The maximum atomic E-state index is 5.71. The molecule has 3 nitrogen and oxygen atoms in total. The SMILES string of the molecule is Cc1cc(OCC2=COC(C)(C)O2)cc(C)c1Br. The smallest absolute Gasteiger partial charge is 0.244 e. The van der Waals surface area contributed by atoms with Gasteiger partial charge in [-0.15, -0.1) is 0 Å². The molecule has 0 unspecified atom stereocenters. The molecule has 0 saturated heterocycles. The first-order chi connectivity index (χ1) is 8.37. The molecule has 98 valence electrons. The van der Waals surface area contributed by atoms with E-state index in [1.54, 1.807) is 6.26 Å². The Morgan fingerprint density at radius 3 is 2.33 bits per heavy atom. The van der Waals surface area contributed by atoms with Crippen LogP contribution in [0.1, 0.15) is 25.0 Å². The van der Waals surface area contributed by atoms with Crippen molar-refractivity contribution in [3.8, 4) is 5.75 Å². The maximum Gasteiger partial charge on any atom is 0.244 e. The van der Waals surface area contributed by atoms with Crippen molar-refractivity contribution in [1.29, 1.82) is 0 Å². The van der Waals surface area contributed by atoms with E-state index in [1.165, 1.54) is 0 Å². The summed E-state index contributed by atoms with van der Waals surface area (Å²) in [4.78, 5) is 0. The molecule has 4 heteroatoms. The molecule has 1 aliphatic rings. The second kappa shape index (κ2) is 4.84. The van der Waals surface area contributed by atoms with E-state index in [0.29, 0.717) is 12.4 Å². The third-order valence-electron chi connectivity index (χ3n) is 2.64. The van der Waals surface area contributed by atoms with E-state index in [2.05, 4.69) is 15.9 Å². The average molecular weight is 313 g/mol. The topological polar surface area (TPSA) is 27.7 Å². The van der Waals surface area contributed by atoms with Crippen LogP contribution in [0.25, 0.3) is 0 Å². The normalized spacial score (nSPS) is 16.8. The molecule has 1 aliphatic heterocycles. The lowest BCUT2D eigenvalue weighted by atomic mass is 10.1. The summed E-state index contributed by atoms with van der Waals surface area (Å²) in [5.74, 6) is 0.963. The Bertz CT molecular complexity index is 469. The Morgan fingerprint density at radius 2 is 1.83 bits per heavy atom. The third-order valence-corrected chi connectivity index (χ3v) is 3.89. The first-order valence-electron chi connectivity index (χ1n) is 5.83. The van der Waals surface area contributed by atoms with Gasteiger partial charge in [0.15, 0.2) is 5.76 Å². The van der Waals surface area contributed by atoms with Gasteiger partial charge >= 0.3 is 0 Å². The number of aryl methyl sites for hydroxylation is 2. The fourth-order valence-corrected chi connectivity index (χ4v) is 2.01. The lowest BCUT2D eigenvalue weighted by molar-refractivity contribution is -0.119. The van der Waals surface area contributed by atoms with Gasteiger partial charge in [0, 0.05) is 18.3 Å². The van der Waals surface area contributed by atoms with E-state index in [1.807, 2.05) is 39.8 Å². The zero-order chi connectivity index (χ0) is 13.3. The number of hydrogen-bond acceptors (Lipinski definition) is 3. The van der Waals surface area contributed by atoms with Gasteiger partial charge in [-0.1, -0.05) is 15.9 Å². The molecular formula is C14H17BrO3. The molecule has 0 radical (unpaired) electrons. The van der Waals surface area contributed by atoms with Crippen molar-refractivity contribution in [2.75, 3.05) is 6.61 Å². The molecule has 1 aromatic carbocycles. The highest BCUT2D eigenvalue weighted by Gasteiger charge is 2.27. The molecule has 1 heterocycles. The van der Waals surface area contributed by atoms with Crippen LogP contribution >= 0.6 is 15.9 Å². The fraction of sp³-hybridized carbons (Fsp3) is 0.429. The highest BCUT2D eigenvalue weighted by Crippen LogP contribution is 2.28. The zero-order valence-electron chi connectivity index (χ0n) is 11.0. The van der Waals surface area contributed by atoms with Crippen LogP contribution in [-0.4, -0.2) is 12.4 Å². The van der Waals surface area contributed by atoms with Gasteiger partial charge in [-0.2, -0.15) is 0 Å². The molecule has 2 rings (SSSR count). The highest BCUT2D eigenvalue weighted by molar-refractivity contribution is 9.10. The van der Waals surface area contributed by atoms with Crippen molar-refractivity contribution in [2.45, 2.75) is 33.5 Å². The quantitative estimate of drug-likeness (QED) is 0.842. The number of hydrogen-bond donors (Lipinski definition) is 0. The van der Waals surface area contributed by atoms with Gasteiger partial charge in [-0.3, -0.25) is 0 Å². The number of halogens is 1. The van der Waals surface area contributed by atoms with Gasteiger partial charge in [0.05, 0.1) is 0 Å². The molecule has 0 aromatic heterocycles. The Kier molecular flexibility index (Phi) is 3.57. The van der Waals surface area contributed by atoms with Crippen LogP contribution in [0.4, 0.5) is 0 Å². The van der Waals surface area contributed by atoms with Crippen molar-refractivity contribution in [3.63, 3.8) is 0 Å². The van der Waals surface area contributed by atoms with E-state index in [9.17, 15) is 0 Å². The Balaban J connectivity index is 1.99. The third kappa shape index (κ3) is 2.99. The molecule has 18 heavy (non-hydrogen) atoms. The Labute approximate surface area is 116 Å². The fourth-order valence-electron chi connectivity index (χ4n) is 1.78. The van der Waals surface area contributed by atoms with E-state index >= 15 is 0 Å². The van der Waals surface area contributed by atoms with Crippen LogP contribution in [-0.2, 0) is 9.47 Å². The van der Waals surface area contributed by atoms with Crippen molar-refractivity contribution in [2.24, 2.45) is 0 Å². The standard InChI is InChI=1S/C14H17BrO3/c1-9-5-11(6-10(2)13(9)15)16-7-12-8-17-14(3,4)18-12/h5-6,8H,7H2,1-4H3. The minimum absolute atomic E-state index is 0.379. The van der Waals surface area contributed by atoms with Crippen LogP contribution in [0.5, 0.6) is 5.75 Å². The maximum absolute atomic E-state index is 5.71. The van der Waals surface area contributed by atoms with E-state index in [4.69, 9.17) is 14.2 Å². The number of rotatable bonds is 3. The second-order valence-electron chi connectivity index (χ2n) is 4.86. The van der Waals surface area contributed by atoms with Crippen molar-refractivity contribution in [1.82, 2.24) is 0 Å². The summed E-state index contributed by atoms with van der Waals surface area (Å²) in [7, 11) is 0. The van der Waals surface area contributed by atoms with E-state index in [-0.39, 0.29) is 0 Å². The van der Waals surface area contributed by atoms with Gasteiger partial charge in [-0.25, -0.2) is 0 Å². The predicted molar refractivity (Wildman–Crippen MR) is 73.4 cm³/mol. The summed E-state index contributed by atoms with van der Waals surface area (Å²) in [5.41, 5.74) is 2.31. The minimum atomic E-state index is -0.579. The zero-order valence-corrected chi connectivity index (χ0v) is 12.6. The van der Waals surface area contributed by atoms with Crippen LogP contribution in [0.2, 0.25) is 0 Å². The van der Waals surface area contributed by atoms with Crippen LogP contribution < -0.4 is 4.74 Å². The molecule has 0 atom stereocenters. The van der Waals surface area contributed by atoms with Gasteiger partial charge in [0.2, 0.25) is 5.79 Å². The molecule has 0 spiro atoms. The Morgan fingerprint density at radius 1 is 1.22 bits per heavy atom. The van der Waals surface area contributed by atoms with Crippen molar-refractivity contribution in [3.05, 3.63) is 39.8 Å². The second-order valence-corrected chi connectivity index (χ2v) is 5.66. The molecule has 0 fully saturated rings.